The van der Waals surface area contributed by atoms with Gasteiger partial charge < -0.3 is 10.1 Å². The summed E-state index contributed by atoms with van der Waals surface area (Å²) in [6.07, 6.45) is 0.949. The van der Waals surface area contributed by atoms with Crippen LogP contribution in [0.3, 0.4) is 0 Å². The van der Waals surface area contributed by atoms with Crippen molar-refractivity contribution in [2.24, 2.45) is 0 Å². The molecule has 7 nitrogen and oxygen atoms in total. The van der Waals surface area contributed by atoms with Crippen LogP contribution in [0.15, 0.2) is 46.8 Å². The number of rotatable bonds is 8. The SMILES string of the molecule is CCc1ccc(NC(=O)CSc2nnc(NC(=O)c3cc(Cl)ccc3OC)s2)cc1. The number of methoxy groups -OCH3 is 1. The van der Waals surface area contributed by atoms with Crippen LogP contribution in [-0.4, -0.2) is 34.9 Å². The quantitative estimate of drug-likeness (QED) is 0.371. The predicted molar refractivity (Wildman–Crippen MR) is 121 cm³/mol. The van der Waals surface area contributed by atoms with E-state index in [1.54, 1.807) is 12.1 Å². The molecule has 1 heterocycles. The van der Waals surface area contributed by atoms with E-state index in [2.05, 4.69) is 27.8 Å². The van der Waals surface area contributed by atoms with E-state index in [4.69, 9.17) is 16.3 Å². The topological polar surface area (TPSA) is 93.2 Å². The van der Waals surface area contributed by atoms with Crippen molar-refractivity contribution in [3.8, 4) is 5.75 Å². The number of hydrogen-bond acceptors (Lipinski definition) is 7. The van der Waals surface area contributed by atoms with Gasteiger partial charge in [-0.2, -0.15) is 0 Å². The average molecular weight is 463 g/mol. The van der Waals surface area contributed by atoms with E-state index in [0.29, 0.717) is 25.8 Å². The van der Waals surface area contributed by atoms with Crippen LogP contribution in [0.5, 0.6) is 5.75 Å². The Labute approximate surface area is 187 Å². The summed E-state index contributed by atoms with van der Waals surface area (Å²) in [5.41, 5.74) is 2.25. The zero-order chi connectivity index (χ0) is 21.5. The molecule has 10 heteroatoms. The highest BCUT2D eigenvalue weighted by Gasteiger charge is 2.16. The summed E-state index contributed by atoms with van der Waals surface area (Å²) in [5.74, 6) is 0.0314. The first kappa shape index (κ1) is 22.1. The summed E-state index contributed by atoms with van der Waals surface area (Å²) in [6.45, 7) is 2.08. The number of nitrogens with zero attached hydrogens (tertiary/aromatic N) is 2. The number of anilines is 2. The van der Waals surface area contributed by atoms with Gasteiger partial charge in [0.25, 0.3) is 5.91 Å². The third kappa shape index (κ3) is 5.94. The van der Waals surface area contributed by atoms with Crippen molar-refractivity contribution in [1.29, 1.82) is 0 Å². The number of hydrogen-bond donors (Lipinski definition) is 2. The van der Waals surface area contributed by atoms with Gasteiger partial charge in [0.2, 0.25) is 11.0 Å². The van der Waals surface area contributed by atoms with Crippen molar-refractivity contribution in [2.45, 2.75) is 17.7 Å². The molecule has 156 valence electrons. The van der Waals surface area contributed by atoms with Crippen molar-refractivity contribution in [1.82, 2.24) is 10.2 Å². The van der Waals surface area contributed by atoms with Gasteiger partial charge in [0, 0.05) is 10.7 Å². The summed E-state index contributed by atoms with van der Waals surface area (Å²) in [6, 6.07) is 12.5. The molecular formula is C20H19ClN4O3S2. The molecule has 0 saturated carbocycles. The molecule has 0 bridgehead atoms. The summed E-state index contributed by atoms with van der Waals surface area (Å²) in [7, 11) is 1.48. The van der Waals surface area contributed by atoms with Crippen LogP contribution < -0.4 is 15.4 Å². The van der Waals surface area contributed by atoms with Crippen LogP contribution in [-0.2, 0) is 11.2 Å². The lowest BCUT2D eigenvalue weighted by molar-refractivity contribution is -0.113. The van der Waals surface area contributed by atoms with Crippen LogP contribution in [0.4, 0.5) is 10.8 Å². The van der Waals surface area contributed by atoms with Crippen LogP contribution >= 0.6 is 34.7 Å². The Kier molecular flexibility index (Phi) is 7.67. The van der Waals surface area contributed by atoms with E-state index in [9.17, 15) is 9.59 Å². The first-order chi connectivity index (χ1) is 14.5. The standard InChI is InChI=1S/C20H19ClN4O3S2/c1-3-12-4-7-14(8-5-12)22-17(26)11-29-20-25-24-19(30-20)23-18(27)15-10-13(21)6-9-16(15)28-2/h4-10H,3,11H2,1-2H3,(H,22,26)(H,23,24,27). The maximum absolute atomic E-state index is 12.5. The first-order valence-corrected chi connectivity index (χ1v) is 11.2. The van der Waals surface area contributed by atoms with E-state index in [1.807, 2.05) is 24.3 Å². The Bertz CT molecular complexity index is 1040. The van der Waals surface area contributed by atoms with Crippen molar-refractivity contribution >= 4 is 57.3 Å². The molecule has 0 spiro atoms. The number of aryl methyl sites for hydroxylation is 1. The monoisotopic (exact) mass is 462 g/mol. The fourth-order valence-electron chi connectivity index (χ4n) is 2.49. The lowest BCUT2D eigenvalue weighted by Crippen LogP contribution is -2.13. The molecule has 1 aromatic heterocycles. The Balaban J connectivity index is 1.54. The van der Waals surface area contributed by atoms with Gasteiger partial charge in [0.1, 0.15) is 5.75 Å². The lowest BCUT2D eigenvalue weighted by Gasteiger charge is -2.07. The number of amides is 2. The third-order valence-electron chi connectivity index (χ3n) is 4.01. The van der Waals surface area contributed by atoms with Crippen LogP contribution in [0, 0.1) is 0 Å². The van der Waals surface area contributed by atoms with Gasteiger partial charge in [0.15, 0.2) is 4.34 Å². The van der Waals surface area contributed by atoms with Crippen LogP contribution in [0.25, 0.3) is 0 Å². The minimum Gasteiger partial charge on any atom is -0.496 e. The largest absolute Gasteiger partial charge is 0.496 e. The fraction of sp³-hybridized carbons (Fsp3) is 0.200. The van der Waals surface area contributed by atoms with Gasteiger partial charge in [-0.25, -0.2) is 0 Å². The minimum atomic E-state index is -0.407. The van der Waals surface area contributed by atoms with E-state index < -0.39 is 5.91 Å². The highest BCUT2D eigenvalue weighted by atomic mass is 35.5. The number of ether oxygens (including phenoxy) is 1. The van der Waals surface area contributed by atoms with E-state index >= 15 is 0 Å². The summed E-state index contributed by atoms with van der Waals surface area (Å²) in [4.78, 5) is 24.6. The van der Waals surface area contributed by atoms with Crippen LogP contribution in [0.2, 0.25) is 5.02 Å². The number of benzene rings is 2. The highest BCUT2D eigenvalue weighted by molar-refractivity contribution is 8.01. The minimum absolute atomic E-state index is 0.145. The Hall–Kier alpha value is -2.62. The van der Waals surface area contributed by atoms with Gasteiger partial charge in [-0.05, 0) is 42.3 Å². The second-order valence-corrected chi connectivity index (χ2v) is 8.70. The number of halogens is 1. The van der Waals surface area contributed by atoms with Crippen molar-refractivity contribution < 1.29 is 14.3 Å². The average Bonchev–Trinajstić information content (AvgIpc) is 3.20. The molecule has 0 aliphatic rings. The molecule has 3 rings (SSSR count). The molecule has 0 unspecified atom stereocenters. The molecule has 2 N–H and O–H groups in total. The van der Waals surface area contributed by atoms with Crippen LogP contribution in [0.1, 0.15) is 22.8 Å². The van der Waals surface area contributed by atoms with E-state index in [1.165, 1.54) is 41.8 Å². The Morgan fingerprint density at radius 1 is 1.13 bits per heavy atom. The molecule has 2 amide bonds. The number of carbonyl (C=O) groups is 2. The van der Waals surface area contributed by atoms with Gasteiger partial charge in [-0.1, -0.05) is 53.8 Å². The number of nitrogens with one attached hydrogen (secondary N) is 2. The second kappa shape index (κ2) is 10.4. The maximum Gasteiger partial charge on any atom is 0.261 e. The molecule has 0 saturated heterocycles. The third-order valence-corrected chi connectivity index (χ3v) is 6.21. The normalized spacial score (nSPS) is 10.5. The molecule has 0 aliphatic carbocycles. The summed E-state index contributed by atoms with van der Waals surface area (Å²) in [5, 5.41) is 14.2. The zero-order valence-electron chi connectivity index (χ0n) is 16.3. The van der Waals surface area contributed by atoms with Crippen molar-refractivity contribution in [3.63, 3.8) is 0 Å². The first-order valence-electron chi connectivity index (χ1n) is 8.98. The van der Waals surface area contributed by atoms with Crippen molar-refractivity contribution in [3.05, 3.63) is 58.6 Å². The highest BCUT2D eigenvalue weighted by Crippen LogP contribution is 2.28. The molecule has 30 heavy (non-hydrogen) atoms. The molecule has 3 aromatic rings. The maximum atomic E-state index is 12.5. The van der Waals surface area contributed by atoms with Gasteiger partial charge in [-0.3, -0.25) is 14.9 Å². The molecule has 0 atom stereocenters. The number of thioether (sulfide) groups is 1. The Morgan fingerprint density at radius 2 is 1.90 bits per heavy atom. The smallest absolute Gasteiger partial charge is 0.261 e. The summed E-state index contributed by atoms with van der Waals surface area (Å²) >= 11 is 8.39. The number of aromatic nitrogens is 2. The fourth-order valence-corrected chi connectivity index (χ4v) is 4.21. The van der Waals surface area contributed by atoms with E-state index in [0.717, 1.165) is 12.1 Å². The van der Waals surface area contributed by atoms with Gasteiger partial charge >= 0.3 is 0 Å². The molecular weight excluding hydrogens is 444 g/mol. The molecule has 0 fully saturated rings. The zero-order valence-corrected chi connectivity index (χ0v) is 18.7. The molecule has 0 aliphatic heterocycles. The van der Waals surface area contributed by atoms with E-state index in [-0.39, 0.29) is 11.7 Å². The number of carbonyl (C=O) groups excluding carboxylic acids is 2. The second-order valence-electron chi connectivity index (χ2n) is 6.06. The predicted octanol–water partition coefficient (Wildman–Crippen LogP) is 4.75. The lowest BCUT2D eigenvalue weighted by atomic mass is 10.1. The molecule has 0 radical (unpaired) electrons. The molecule has 2 aromatic carbocycles. The van der Waals surface area contributed by atoms with Gasteiger partial charge in [-0.15, -0.1) is 10.2 Å². The Morgan fingerprint density at radius 3 is 2.60 bits per heavy atom. The summed E-state index contributed by atoms with van der Waals surface area (Å²) < 4.78 is 5.76. The van der Waals surface area contributed by atoms with Gasteiger partial charge in [0.05, 0.1) is 18.4 Å². The van der Waals surface area contributed by atoms with Crippen molar-refractivity contribution in [2.75, 3.05) is 23.5 Å².